The number of ether oxygens (including phenoxy) is 3. The standard InChI is InChI=1S/C20H20Br2O3/c1-3-5-15(11-7-9-13(21)19-17(11)24-19)23-16(6-4-2)12-8-10-14(22)20-18(12)25-20/h7-10,15-16H,3-6H2,1-2H3. The Hall–Kier alpha value is -1.04. The van der Waals surface area contributed by atoms with E-state index in [1.54, 1.807) is 0 Å². The first kappa shape index (κ1) is 17.4. The first-order valence-corrected chi connectivity index (χ1v) is 10.4. The summed E-state index contributed by atoms with van der Waals surface area (Å²) < 4.78 is 20.0. The molecule has 0 fully saturated rings. The lowest BCUT2D eigenvalue weighted by molar-refractivity contribution is -0.0248. The Kier molecular flexibility index (Phi) is 4.82. The first-order chi connectivity index (χ1) is 12.1. The highest BCUT2D eigenvalue weighted by Gasteiger charge is 2.35. The second-order valence-electron chi connectivity index (χ2n) is 6.48. The first-order valence-electron chi connectivity index (χ1n) is 8.80. The molecule has 0 aromatic heterocycles. The van der Waals surface area contributed by atoms with E-state index >= 15 is 0 Å². The fourth-order valence-electron chi connectivity index (χ4n) is 3.30. The highest BCUT2D eigenvalue weighted by molar-refractivity contribution is 9.11. The van der Waals surface area contributed by atoms with Gasteiger partial charge in [-0.05, 0) is 56.8 Å². The van der Waals surface area contributed by atoms with Crippen molar-refractivity contribution in [1.82, 2.24) is 0 Å². The van der Waals surface area contributed by atoms with Crippen molar-refractivity contribution in [2.24, 2.45) is 0 Å². The van der Waals surface area contributed by atoms with Gasteiger partial charge in [-0.3, -0.25) is 0 Å². The minimum absolute atomic E-state index is 0.0314. The maximum atomic E-state index is 6.62. The van der Waals surface area contributed by atoms with Crippen LogP contribution < -0.4 is 9.47 Å². The van der Waals surface area contributed by atoms with Crippen LogP contribution in [0.25, 0.3) is 0 Å². The maximum Gasteiger partial charge on any atom is 0.184 e. The minimum atomic E-state index is 0.0314. The van der Waals surface area contributed by atoms with E-state index in [2.05, 4.69) is 57.8 Å². The van der Waals surface area contributed by atoms with Crippen LogP contribution in [-0.2, 0) is 4.74 Å². The summed E-state index contributed by atoms with van der Waals surface area (Å²) in [6.07, 6.45) is 4.12. The second kappa shape index (κ2) is 6.93. The molecule has 2 atom stereocenters. The molecule has 4 rings (SSSR count). The van der Waals surface area contributed by atoms with Crippen LogP contribution in [0.4, 0.5) is 0 Å². The minimum Gasteiger partial charge on any atom is -0.448 e. The van der Waals surface area contributed by atoms with Crippen LogP contribution in [0, 0.1) is 0 Å². The van der Waals surface area contributed by atoms with Gasteiger partial charge in [0.15, 0.2) is 23.0 Å². The van der Waals surface area contributed by atoms with Crippen LogP contribution in [-0.4, -0.2) is 0 Å². The zero-order chi connectivity index (χ0) is 17.6. The molecule has 0 N–H and O–H groups in total. The van der Waals surface area contributed by atoms with Crippen molar-refractivity contribution in [2.45, 2.75) is 51.7 Å². The van der Waals surface area contributed by atoms with Crippen molar-refractivity contribution in [3.63, 3.8) is 0 Å². The molecule has 2 unspecified atom stereocenters. The third kappa shape index (κ3) is 3.34. The number of benzene rings is 2. The molecule has 2 aliphatic heterocycles. The zero-order valence-electron chi connectivity index (χ0n) is 14.3. The highest BCUT2D eigenvalue weighted by Crippen LogP contribution is 2.58. The van der Waals surface area contributed by atoms with Gasteiger partial charge in [0, 0.05) is 11.1 Å². The van der Waals surface area contributed by atoms with Gasteiger partial charge in [0.2, 0.25) is 0 Å². The van der Waals surface area contributed by atoms with Crippen molar-refractivity contribution in [3.05, 3.63) is 44.3 Å². The van der Waals surface area contributed by atoms with E-state index in [9.17, 15) is 0 Å². The molecule has 0 amide bonds. The Labute approximate surface area is 164 Å². The molecule has 2 aromatic carbocycles. The van der Waals surface area contributed by atoms with Crippen LogP contribution in [0.2, 0.25) is 0 Å². The van der Waals surface area contributed by atoms with Crippen LogP contribution >= 0.6 is 31.9 Å². The number of halogens is 2. The smallest absolute Gasteiger partial charge is 0.184 e. The van der Waals surface area contributed by atoms with Crippen LogP contribution in [0.15, 0.2) is 33.2 Å². The highest BCUT2D eigenvalue weighted by atomic mass is 79.9. The molecule has 2 heterocycles. The summed E-state index contributed by atoms with van der Waals surface area (Å²) in [4.78, 5) is 0. The second-order valence-corrected chi connectivity index (χ2v) is 8.19. The van der Waals surface area contributed by atoms with E-state index in [1.165, 1.54) is 0 Å². The van der Waals surface area contributed by atoms with Crippen molar-refractivity contribution >= 4 is 31.9 Å². The summed E-state index contributed by atoms with van der Waals surface area (Å²) in [6.45, 7) is 4.38. The molecule has 25 heavy (non-hydrogen) atoms. The van der Waals surface area contributed by atoms with Gasteiger partial charge in [0.1, 0.15) is 0 Å². The SMILES string of the molecule is CCCC(OC(CCC)c1ccc(Br)c2c1O2)c1ccc(Br)c2c1O2. The molecule has 0 bridgehead atoms. The molecular formula is C20H20Br2O3. The van der Waals surface area contributed by atoms with Crippen molar-refractivity contribution in [1.29, 1.82) is 0 Å². The Bertz CT molecular complexity index is 752. The molecular weight excluding hydrogens is 448 g/mol. The number of hydrogen-bond acceptors (Lipinski definition) is 3. The van der Waals surface area contributed by atoms with Gasteiger partial charge >= 0.3 is 0 Å². The number of fused-ring (bicyclic) bond motifs is 2. The third-order valence-electron chi connectivity index (χ3n) is 4.64. The van der Waals surface area contributed by atoms with E-state index in [0.717, 1.165) is 68.8 Å². The topological polar surface area (TPSA) is 34.3 Å². The molecule has 2 aromatic rings. The van der Waals surface area contributed by atoms with Gasteiger partial charge in [0.25, 0.3) is 0 Å². The normalized spacial score (nSPS) is 15.5. The zero-order valence-corrected chi connectivity index (χ0v) is 17.4. The Morgan fingerprint density at radius 3 is 1.60 bits per heavy atom. The molecule has 0 aliphatic carbocycles. The van der Waals surface area contributed by atoms with Crippen LogP contribution in [0.5, 0.6) is 23.0 Å². The van der Waals surface area contributed by atoms with Gasteiger partial charge in [-0.15, -0.1) is 0 Å². The molecule has 0 saturated carbocycles. The number of rotatable bonds is 8. The van der Waals surface area contributed by atoms with E-state index in [-0.39, 0.29) is 12.2 Å². The average Bonchev–Trinajstić information content (AvgIpc) is 3.47. The van der Waals surface area contributed by atoms with Crippen molar-refractivity contribution < 1.29 is 14.2 Å². The molecule has 0 radical (unpaired) electrons. The Morgan fingerprint density at radius 1 is 0.760 bits per heavy atom. The van der Waals surface area contributed by atoms with Crippen LogP contribution in [0.3, 0.4) is 0 Å². The summed E-state index contributed by atoms with van der Waals surface area (Å²) in [6, 6.07) is 8.32. The summed E-state index contributed by atoms with van der Waals surface area (Å²) in [5, 5.41) is 0. The molecule has 0 spiro atoms. The predicted molar refractivity (Wildman–Crippen MR) is 105 cm³/mol. The Morgan fingerprint density at radius 2 is 1.20 bits per heavy atom. The molecule has 3 nitrogen and oxygen atoms in total. The predicted octanol–water partition coefficient (Wildman–Crippen LogP) is 7.82. The van der Waals surface area contributed by atoms with Gasteiger partial charge in [0.05, 0.1) is 21.2 Å². The Balaban J connectivity index is 1.61. The van der Waals surface area contributed by atoms with Crippen molar-refractivity contribution in [2.75, 3.05) is 0 Å². The lowest BCUT2D eigenvalue weighted by Crippen LogP contribution is -2.10. The summed E-state index contributed by atoms with van der Waals surface area (Å²) >= 11 is 7.04. The van der Waals surface area contributed by atoms with E-state index < -0.39 is 0 Å². The fraction of sp³-hybridized carbons (Fsp3) is 0.400. The third-order valence-corrected chi connectivity index (χ3v) is 5.89. The average molecular weight is 468 g/mol. The van der Waals surface area contributed by atoms with Gasteiger partial charge in [-0.25, -0.2) is 0 Å². The fourth-order valence-corrected chi connectivity index (χ4v) is 4.09. The van der Waals surface area contributed by atoms with E-state index in [4.69, 9.17) is 14.2 Å². The lowest BCUT2D eigenvalue weighted by atomic mass is 10.0. The van der Waals surface area contributed by atoms with E-state index in [0.29, 0.717) is 0 Å². The van der Waals surface area contributed by atoms with Gasteiger partial charge < -0.3 is 14.2 Å². The molecule has 0 saturated heterocycles. The van der Waals surface area contributed by atoms with Crippen molar-refractivity contribution in [3.8, 4) is 23.0 Å². The van der Waals surface area contributed by atoms with Crippen LogP contribution in [0.1, 0.15) is 62.9 Å². The largest absolute Gasteiger partial charge is 0.448 e. The van der Waals surface area contributed by atoms with E-state index in [1.807, 2.05) is 12.1 Å². The molecule has 2 aliphatic rings. The monoisotopic (exact) mass is 466 g/mol. The quantitative estimate of drug-likeness (QED) is 0.247. The van der Waals surface area contributed by atoms with Gasteiger partial charge in [-0.2, -0.15) is 0 Å². The summed E-state index contributed by atoms with van der Waals surface area (Å²) in [5.41, 5.74) is 2.31. The lowest BCUT2D eigenvalue weighted by Gasteiger charge is -2.24. The molecule has 132 valence electrons. The summed E-state index contributed by atoms with van der Waals surface area (Å²) in [5.74, 6) is 3.86. The number of hydrogen-bond donors (Lipinski definition) is 0. The summed E-state index contributed by atoms with van der Waals surface area (Å²) in [7, 11) is 0. The van der Waals surface area contributed by atoms with Gasteiger partial charge in [-0.1, -0.05) is 38.8 Å². The molecule has 5 heteroatoms. The maximum absolute atomic E-state index is 6.62.